The molecule has 1 aromatic heterocycles. The molecule has 2 amide bonds. The first-order valence-electron chi connectivity index (χ1n) is 9.70. The van der Waals surface area contributed by atoms with E-state index in [4.69, 9.17) is 5.26 Å². The van der Waals surface area contributed by atoms with Crippen molar-refractivity contribution in [2.45, 2.75) is 31.8 Å². The maximum Gasteiger partial charge on any atom is 0.319 e. The Morgan fingerprint density at radius 2 is 1.90 bits per heavy atom. The fraction of sp³-hybridized carbons (Fsp3) is 0.429. The SMILES string of the molecule is CC(C)c1ccc(NC(=O)N[C@@H]2CN(c3ccc(C#N)nn3)C[C@@H]2N(C)C)cc1. The number of urea groups is 1. The minimum absolute atomic E-state index is 0.0719. The molecule has 8 heteroatoms. The van der Waals surface area contributed by atoms with Gasteiger partial charge in [-0.3, -0.25) is 0 Å². The molecular formula is C21H27N7O. The zero-order valence-corrected chi connectivity index (χ0v) is 17.3. The van der Waals surface area contributed by atoms with E-state index in [1.807, 2.05) is 44.4 Å². The van der Waals surface area contributed by atoms with Gasteiger partial charge in [-0.2, -0.15) is 5.26 Å². The molecular weight excluding hydrogens is 366 g/mol. The number of likely N-dealkylation sites (N-methyl/N-ethyl adjacent to an activating group) is 1. The van der Waals surface area contributed by atoms with Gasteiger partial charge in [0.1, 0.15) is 6.07 Å². The van der Waals surface area contributed by atoms with E-state index in [-0.39, 0.29) is 23.8 Å². The minimum atomic E-state index is -0.230. The van der Waals surface area contributed by atoms with Gasteiger partial charge >= 0.3 is 6.03 Å². The molecule has 2 aromatic rings. The molecule has 3 rings (SSSR count). The third-order valence-corrected chi connectivity index (χ3v) is 5.19. The van der Waals surface area contributed by atoms with Gasteiger partial charge in [-0.15, -0.1) is 10.2 Å². The van der Waals surface area contributed by atoms with Gasteiger partial charge in [-0.25, -0.2) is 4.79 Å². The van der Waals surface area contributed by atoms with Gasteiger partial charge in [0, 0.05) is 24.8 Å². The molecule has 1 aliphatic heterocycles. The van der Waals surface area contributed by atoms with Crippen molar-refractivity contribution in [1.82, 2.24) is 20.4 Å². The molecule has 1 saturated heterocycles. The lowest BCUT2D eigenvalue weighted by atomic mass is 10.0. The van der Waals surface area contributed by atoms with Crippen molar-refractivity contribution in [1.29, 1.82) is 5.26 Å². The number of hydrogen-bond acceptors (Lipinski definition) is 6. The maximum absolute atomic E-state index is 12.6. The second-order valence-electron chi connectivity index (χ2n) is 7.81. The molecule has 2 N–H and O–H groups in total. The smallest absolute Gasteiger partial charge is 0.319 e. The zero-order chi connectivity index (χ0) is 21.0. The Morgan fingerprint density at radius 1 is 1.17 bits per heavy atom. The molecule has 0 saturated carbocycles. The summed E-state index contributed by atoms with van der Waals surface area (Å²) < 4.78 is 0. The number of carbonyl (C=O) groups is 1. The number of benzene rings is 1. The van der Waals surface area contributed by atoms with Crippen molar-refractivity contribution < 1.29 is 4.79 Å². The summed E-state index contributed by atoms with van der Waals surface area (Å²) in [7, 11) is 3.99. The average Bonchev–Trinajstić information content (AvgIpc) is 3.12. The van der Waals surface area contributed by atoms with Crippen molar-refractivity contribution in [3.05, 3.63) is 47.7 Å². The molecule has 0 bridgehead atoms. The fourth-order valence-electron chi connectivity index (χ4n) is 3.48. The van der Waals surface area contributed by atoms with Crippen molar-refractivity contribution in [3.63, 3.8) is 0 Å². The van der Waals surface area contributed by atoms with Crippen molar-refractivity contribution >= 4 is 17.5 Å². The Morgan fingerprint density at radius 3 is 2.45 bits per heavy atom. The van der Waals surface area contributed by atoms with Gasteiger partial charge in [0.15, 0.2) is 11.5 Å². The second-order valence-corrected chi connectivity index (χ2v) is 7.81. The molecule has 2 heterocycles. The summed E-state index contributed by atoms with van der Waals surface area (Å²) >= 11 is 0. The predicted octanol–water partition coefficient (Wildman–Crippen LogP) is 2.41. The number of nitriles is 1. The quantitative estimate of drug-likeness (QED) is 0.810. The van der Waals surface area contributed by atoms with Crippen molar-refractivity contribution in [2.75, 3.05) is 37.4 Å². The van der Waals surface area contributed by atoms with Gasteiger partial charge in [-0.1, -0.05) is 26.0 Å². The number of anilines is 2. The molecule has 29 heavy (non-hydrogen) atoms. The monoisotopic (exact) mass is 393 g/mol. The average molecular weight is 393 g/mol. The van der Waals surface area contributed by atoms with Crippen molar-refractivity contribution in [2.24, 2.45) is 0 Å². The molecule has 0 unspecified atom stereocenters. The van der Waals surface area contributed by atoms with Crippen LogP contribution < -0.4 is 15.5 Å². The van der Waals surface area contributed by atoms with E-state index in [0.29, 0.717) is 24.8 Å². The third kappa shape index (κ3) is 5.00. The molecule has 152 valence electrons. The van der Waals surface area contributed by atoms with E-state index in [9.17, 15) is 4.79 Å². The summed E-state index contributed by atoms with van der Waals surface area (Å²) in [5.41, 5.74) is 2.29. The summed E-state index contributed by atoms with van der Waals surface area (Å²) in [4.78, 5) is 16.7. The normalized spacial score (nSPS) is 18.7. The fourth-order valence-corrected chi connectivity index (χ4v) is 3.48. The van der Waals surface area contributed by atoms with Crippen molar-refractivity contribution in [3.8, 4) is 6.07 Å². The zero-order valence-electron chi connectivity index (χ0n) is 17.3. The van der Waals surface area contributed by atoms with Crippen LogP contribution in [0.2, 0.25) is 0 Å². The first-order valence-corrected chi connectivity index (χ1v) is 9.70. The molecule has 1 fully saturated rings. The van der Waals surface area contributed by atoms with E-state index < -0.39 is 0 Å². The predicted molar refractivity (Wildman–Crippen MR) is 113 cm³/mol. The van der Waals surface area contributed by atoms with Gasteiger partial charge in [0.2, 0.25) is 0 Å². The van der Waals surface area contributed by atoms with Gasteiger partial charge < -0.3 is 20.4 Å². The van der Waals surface area contributed by atoms with Crippen LogP contribution in [0.15, 0.2) is 36.4 Å². The highest BCUT2D eigenvalue weighted by molar-refractivity contribution is 5.89. The summed E-state index contributed by atoms with van der Waals surface area (Å²) in [6.07, 6.45) is 0. The molecule has 1 aliphatic rings. The number of hydrogen-bond donors (Lipinski definition) is 2. The molecule has 0 aliphatic carbocycles. The van der Waals surface area contributed by atoms with Crippen LogP contribution in [0, 0.1) is 11.3 Å². The third-order valence-electron chi connectivity index (χ3n) is 5.19. The van der Waals surface area contributed by atoms with E-state index in [2.05, 4.69) is 44.5 Å². The largest absolute Gasteiger partial charge is 0.351 e. The van der Waals surface area contributed by atoms with Crippen LogP contribution in [-0.2, 0) is 0 Å². The molecule has 0 spiro atoms. The molecule has 0 radical (unpaired) electrons. The van der Waals surface area contributed by atoms with Crippen LogP contribution >= 0.6 is 0 Å². The highest BCUT2D eigenvalue weighted by Crippen LogP contribution is 2.21. The first-order chi connectivity index (χ1) is 13.9. The Kier molecular flexibility index (Phi) is 6.29. The Balaban J connectivity index is 1.64. The summed E-state index contributed by atoms with van der Waals surface area (Å²) in [5, 5.41) is 22.9. The van der Waals surface area contributed by atoms with Crippen LogP contribution in [0.3, 0.4) is 0 Å². The topological polar surface area (TPSA) is 97.2 Å². The Hall–Kier alpha value is -3.18. The molecule has 1 aromatic carbocycles. The van der Waals surface area contributed by atoms with E-state index in [1.165, 1.54) is 5.56 Å². The van der Waals surface area contributed by atoms with Gasteiger partial charge in [0.05, 0.1) is 6.04 Å². The summed E-state index contributed by atoms with van der Waals surface area (Å²) in [5.74, 6) is 1.15. The van der Waals surface area contributed by atoms with E-state index >= 15 is 0 Å². The van der Waals surface area contributed by atoms with Crippen LogP contribution in [0.4, 0.5) is 16.3 Å². The maximum atomic E-state index is 12.6. The number of aromatic nitrogens is 2. The number of nitrogens with zero attached hydrogens (tertiary/aromatic N) is 5. The van der Waals surface area contributed by atoms with Crippen LogP contribution in [0.5, 0.6) is 0 Å². The second kappa shape index (κ2) is 8.88. The molecule has 2 atom stereocenters. The van der Waals surface area contributed by atoms with E-state index in [1.54, 1.807) is 12.1 Å². The van der Waals surface area contributed by atoms with Crippen LogP contribution in [0.25, 0.3) is 0 Å². The minimum Gasteiger partial charge on any atom is -0.351 e. The number of rotatable bonds is 5. The van der Waals surface area contributed by atoms with Crippen LogP contribution in [0.1, 0.15) is 31.0 Å². The van der Waals surface area contributed by atoms with Gasteiger partial charge in [-0.05, 0) is 49.8 Å². The summed E-state index contributed by atoms with van der Waals surface area (Å²) in [6, 6.07) is 13.1. The lowest BCUT2D eigenvalue weighted by Crippen LogP contribution is -2.49. The lowest BCUT2D eigenvalue weighted by Gasteiger charge is -2.25. The lowest BCUT2D eigenvalue weighted by molar-refractivity contribution is 0.235. The number of amides is 2. The number of nitrogens with one attached hydrogen (secondary N) is 2. The first kappa shape index (κ1) is 20.6. The molecule has 8 nitrogen and oxygen atoms in total. The Labute approximate surface area is 171 Å². The number of carbonyl (C=O) groups excluding carboxylic acids is 1. The summed E-state index contributed by atoms with van der Waals surface area (Å²) in [6.45, 7) is 5.60. The van der Waals surface area contributed by atoms with Gasteiger partial charge in [0.25, 0.3) is 0 Å². The standard InChI is InChI=1S/C21H27N7O/c1-14(2)15-5-7-16(8-6-15)23-21(29)24-18-12-28(13-19(18)27(3)4)20-10-9-17(11-22)25-26-20/h5-10,14,18-19H,12-13H2,1-4H3,(H2,23,24,29)/t18-,19+/m1/s1. The Bertz CT molecular complexity index is 871. The van der Waals surface area contributed by atoms with E-state index in [0.717, 1.165) is 5.69 Å². The highest BCUT2D eigenvalue weighted by atomic mass is 16.2. The van der Waals surface area contributed by atoms with Crippen LogP contribution in [-0.4, -0.2) is 60.4 Å². The highest BCUT2D eigenvalue weighted by Gasteiger charge is 2.36.